The fourth-order valence-electron chi connectivity index (χ4n) is 4.18. The van der Waals surface area contributed by atoms with Gasteiger partial charge in [0, 0.05) is 40.8 Å². The van der Waals surface area contributed by atoms with Crippen LogP contribution >= 0.6 is 22.7 Å². The summed E-state index contributed by atoms with van der Waals surface area (Å²) in [5.41, 5.74) is 2.38. The van der Waals surface area contributed by atoms with Crippen molar-refractivity contribution in [3.63, 3.8) is 0 Å². The molecule has 4 rings (SSSR count). The quantitative estimate of drug-likeness (QED) is 0.563. The van der Waals surface area contributed by atoms with Crippen LogP contribution in [0.3, 0.4) is 0 Å². The Morgan fingerprint density at radius 1 is 1.18 bits per heavy atom. The van der Waals surface area contributed by atoms with Gasteiger partial charge in [0.2, 0.25) is 0 Å². The van der Waals surface area contributed by atoms with Crippen LogP contribution in [0.15, 0.2) is 35.8 Å². The van der Waals surface area contributed by atoms with Crippen molar-refractivity contribution in [3.8, 4) is 0 Å². The molecule has 1 atom stereocenters. The lowest BCUT2D eigenvalue weighted by Gasteiger charge is -2.37. The van der Waals surface area contributed by atoms with Gasteiger partial charge in [-0.05, 0) is 70.0 Å². The van der Waals surface area contributed by atoms with E-state index in [1.165, 1.54) is 15.4 Å². The number of nitrogens with zero attached hydrogens (tertiary/aromatic N) is 4. The first-order valence-electron chi connectivity index (χ1n) is 9.90. The summed E-state index contributed by atoms with van der Waals surface area (Å²) < 4.78 is 0. The van der Waals surface area contributed by atoms with Gasteiger partial charge in [0.15, 0.2) is 0 Å². The zero-order chi connectivity index (χ0) is 19.8. The summed E-state index contributed by atoms with van der Waals surface area (Å²) in [6.45, 7) is 10.8. The van der Waals surface area contributed by atoms with Gasteiger partial charge in [0.1, 0.15) is 10.0 Å². The summed E-state index contributed by atoms with van der Waals surface area (Å²) in [6.07, 6.45) is 5.41. The number of pyridine rings is 1. The molecule has 0 N–H and O–H groups in total. The SMILES string of the molecule is Cc1ccc(C(C)(C)N2CCC(CCc3cccs3)(c3nnc(C)s3)C2)cn1. The molecule has 3 aromatic rings. The average molecular weight is 413 g/mol. The largest absolute Gasteiger partial charge is 0.293 e. The van der Waals surface area contributed by atoms with Gasteiger partial charge in [0.05, 0.1) is 0 Å². The highest BCUT2D eigenvalue weighted by Gasteiger charge is 2.46. The van der Waals surface area contributed by atoms with Crippen molar-refractivity contribution in [3.05, 3.63) is 62.0 Å². The van der Waals surface area contributed by atoms with E-state index in [2.05, 4.69) is 70.5 Å². The smallest absolute Gasteiger partial charge is 0.124 e. The molecule has 1 aliphatic rings. The van der Waals surface area contributed by atoms with Crippen molar-refractivity contribution in [2.75, 3.05) is 13.1 Å². The van der Waals surface area contributed by atoms with Gasteiger partial charge in [-0.25, -0.2) is 0 Å². The first kappa shape index (κ1) is 19.7. The average Bonchev–Trinajstić information content (AvgIpc) is 3.42. The zero-order valence-corrected chi connectivity index (χ0v) is 18.7. The fourth-order valence-corrected chi connectivity index (χ4v) is 5.81. The van der Waals surface area contributed by atoms with Gasteiger partial charge in [-0.1, -0.05) is 12.1 Å². The highest BCUT2D eigenvalue weighted by Crippen LogP contribution is 2.44. The summed E-state index contributed by atoms with van der Waals surface area (Å²) in [4.78, 5) is 8.61. The van der Waals surface area contributed by atoms with E-state index in [-0.39, 0.29) is 11.0 Å². The Kier molecular flexibility index (Phi) is 5.38. The molecule has 0 bridgehead atoms. The van der Waals surface area contributed by atoms with Crippen LogP contribution in [-0.4, -0.2) is 33.2 Å². The van der Waals surface area contributed by atoms with Gasteiger partial charge < -0.3 is 0 Å². The molecule has 28 heavy (non-hydrogen) atoms. The molecule has 1 unspecified atom stereocenters. The molecule has 1 aliphatic heterocycles. The minimum Gasteiger partial charge on any atom is -0.293 e. The summed E-state index contributed by atoms with van der Waals surface area (Å²) in [7, 11) is 0. The van der Waals surface area contributed by atoms with Gasteiger partial charge in [-0.3, -0.25) is 9.88 Å². The molecule has 0 aliphatic carbocycles. The Morgan fingerprint density at radius 2 is 2.04 bits per heavy atom. The first-order valence-corrected chi connectivity index (χ1v) is 11.6. The molecule has 148 valence electrons. The number of hydrogen-bond donors (Lipinski definition) is 0. The number of aryl methyl sites for hydroxylation is 3. The third kappa shape index (κ3) is 3.78. The molecule has 0 radical (unpaired) electrons. The molecule has 4 nitrogen and oxygen atoms in total. The third-order valence-electron chi connectivity index (χ3n) is 6.17. The monoisotopic (exact) mass is 412 g/mol. The van der Waals surface area contributed by atoms with Gasteiger partial charge in [0.25, 0.3) is 0 Å². The molecule has 1 saturated heterocycles. The number of likely N-dealkylation sites (tertiary alicyclic amines) is 1. The van der Waals surface area contributed by atoms with E-state index in [1.54, 1.807) is 11.3 Å². The summed E-state index contributed by atoms with van der Waals surface area (Å²) in [6, 6.07) is 8.74. The van der Waals surface area contributed by atoms with Crippen LogP contribution in [0.1, 0.15) is 52.8 Å². The predicted octanol–water partition coefficient (Wildman–Crippen LogP) is 5.12. The fraction of sp³-hybridized carbons (Fsp3) is 0.500. The molecule has 1 fully saturated rings. The second-order valence-electron chi connectivity index (χ2n) is 8.40. The van der Waals surface area contributed by atoms with Crippen LogP contribution in [0.4, 0.5) is 0 Å². The standard InChI is InChI=1S/C22H28N4S2/c1-16-7-8-18(14-23-16)21(3,4)26-12-11-22(15-26,20-25-24-17(2)28-20)10-9-19-6-5-13-27-19/h5-8,13-14H,9-12,15H2,1-4H3. The van der Waals surface area contributed by atoms with Crippen molar-refractivity contribution in [1.29, 1.82) is 0 Å². The summed E-state index contributed by atoms with van der Waals surface area (Å²) >= 11 is 3.63. The maximum atomic E-state index is 4.60. The molecule has 0 saturated carbocycles. The van der Waals surface area contributed by atoms with E-state index >= 15 is 0 Å². The molecule has 0 spiro atoms. The lowest BCUT2D eigenvalue weighted by Crippen LogP contribution is -2.42. The Labute approximate surface area is 175 Å². The van der Waals surface area contributed by atoms with E-state index in [9.17, 15) is 0 Å². The van der Waals surface area contributed by atoms with Gasteiger partial charge in [-0.2, -0.15) is 0 Å². The van der Waals surface area contributed by atoms with Crippen LogP contribution in [0, 0.1) is 13.8 Å². The highest BCUT2D eigenvalue weighted by molar-refractivity contribution is 7.11. The Hall–Kier alpha value is -1.63. The molecular weight excluding hydrogens is 384 g/mol. The first-order chi connectivity index (χ1) is 13.4. The second kappa shape index (κ2) is 7.65. The molecular formula is C22H28N4S2. The second-order valence-corrected chi connectivity index (χ2v) is 10.6. The van der Waals surface area contributed by atoms with Crippen molar-refractivity contribution in [1.82, 2.24) is 20.1 Å². The van der Waals surface area contributed by atoms with E-state index in [4.69, 9.17) is 0 Å². The van der Waals surface area contributed by atoms with E-state index < -0.39 is 0 Å². The van der Waals surface area contributed by atoms with Crippen LogP contribution in [0.5, 0.6) is 0 Å². The minimum atomic E-state index is -0.0505. The number of thiophene rings is 1. The van der Waals surface area contributed by atoms with Crippen LogP contribution < -0.4 is 0 Å². The van der Waals surface area contributed by atoms with Crippen LogP contribution in [-0.2, 0) is 17.4 Å². The summed E-state index contributed by atoms with van der Waals surface area (Å²) in [5.74, 6) is 0. The summed E-state index contributed by atoms with van der Waals surface area (Å²) in [5, 5.41) is 13.4. The van der Waals surface area contributed by atoms with Crippen molar-refractivity contribution >= 4 is 22.7 Å². The van der Waals surface area contributed by atoms with E-state index in [0.717, 1.165) is 43.1 Å². The maximum Gasteiger partial charge on any atom is 0.124 e. The Balaban J connectivity index is 1.60. The zero-order valence-electron chi connectivity index (χ0n) is 17.1. The Morgan fingerprint density at radius 3 is 2.68 bits per heavy atom. The van der Waals surface area contributed by atoms with Crippen LogP contribution in [0.25, 0.3) is 0 Å². The van der Waals surface area contributed by atoms with Gasteiger partial charge in [-0.15, -0.1) is 32.9 Å². The van der Waals surface area contributed by atoms with E-state index in [1.807, 2.05) is 24.5 Å². The minimum absolute atomic E-state index is 0.0505. The maximum absolute atomic E-state index is 4.60. The molecule has 4 heterocycles. The lowest BCUT2D eigenvalue weighted by molar-refractivity contribution is 0.142. The molecule has 6 heteroatoms. The topological polar surface area (TPSA) is 41.9 Å². The van der Waals surface area contributed by atoms with Crippen molar-refractivity contribution in [2.45, 2.75) is 57.9 Å². The van der Waals surface area contributed by atoms with Crippen molar-refractivity contribution in [2.24, 2.45) is 0 Å². The normalized spacial score (nSPS) is 20.7. The molecule has 0 aromatic carbocycles. The molecule has 0 amide bonds. The van der Waals surface area contributed by atoms with Crippen molar-refractivity contribution < 1.29 is 0 Å². The third-order valence-corrected chi connectivity index (χ3v) is 8.19. The Bertz CT molecular complexity index is 914. The van der Waals surface area contributed by atoms with Crippen LogP contribution in [0.2, 0.25) is 0 Å². The number of hydrogen-bond acceptors (Lipinski definition) is 6. The molecule has 3 aromatic heterocycles. The predicted molar refractivity (Wildman–Crippen MR) is 117 cm³/mol. The highest BCUT2D eigenvalue weighted by atomic mass is 32.1. The van der Waals surface area contributed by atoms with Gasteiger partial charge >= 0.3 is 0 Å². The van der Waals surface area contributed by atoms with E-state index in [0.29, 0.717) is 0 Å². The lowest BCUT2D eigenvalue weighted by atomic mass is 9.82. The number of aromatic nitrogens is 3. The number of rotatable bonds is 6.